The molecule has 2 atom stereocenters. The third kappa shape index (κ3) is 3.18. The van der Waals surface area contributed by atoms with E-state index < -0.39 is 0 Å². The van der Waals surface area contributed by atoms with E-state index in [4.69, 9.17) is 0 Å². The lowest BCUT2D eigenvalue weighted by atomic mass is 10.1. The van der Waals surface area contributed by atoms with Gasteiger partial charge in [0, 0.05) is 44.5 Å². The van der Waals surface area contributed by atoms with Gasteiger partial charge in [-0.2, -0.15) is 0 Å². The zero-order valence-electron chi connectivity index (χ0n) is 12.8. The van der Waals surface area contributed by atoms with Crippen molar-refractivity contribution in [1.82, 2.24) is 25.1 Å². The normalized spacial score (nSPS) is 25.9. The summed E-state index contributed by atoms with van der Waals surface area (Å²) in [5, 5.41) is 3.50. The first kappa shape index (κ1) is 15.5. The molecule has 0 unspecified atom stereocenters. The maximum atomic E-state index is 12.3. The first-order valence-corrected chi connectivity index (χ1v) is 8.66. The molecule has 2 saturated heterocycles. The molecule has 120 valence electrons. The Morgan fingerprint density at radius 3 is 3.00 bits per heavy atom. The van der Waals surface area contributed by atoms with Gasteiger partial charge in [0.1, 0.15) is 5.56 Å². The summed E-state index contributed by atoms with van der Waals surface area (Å²) >= 11 is 1.34. The number of rotatable bonds is 3. The number of fused-ring (bicyclic) bond motifs is 1. The Hall–Kier alpha value is -1.38. The molecule has 1 aromatic rings. The van der Waals surface area contributed by atoms with Crippen molar-refractivity contribution in [2.45, 2.75) is 23.7 Å². The molecule has 2 aliphatic heterocycles. The van der Waals surface area contributed by atoms with E-state index in [0.717, 1.165) is 32.6 Å². The molecule has 0 aliphatic carbocycles. The molecule has 1 amide bonds. The lowest BCUT2D eigenvalue weighted by Gasteiger charge is -2.34. The largest absolute Gasteiger partial charge is 0.348 e. The maximum Gasteiger partial charge on any atom is 0.264 e. The van der Waals surface area contributed by atoms with Crippen LogP contribution in [0.15, 0.2) is 16.1 Å². The Bertz CT molecular complexity index is 619. The van der Waals surface area contributed by atoms with Crippen molar-refractivity contribution < 1.29 is 4.79 Å². The number of piperazine rings is 1. The second kappa shape index (κ2) is 6.39. The Labute approximate surface area is 133 Å². The van der Waals surface area contributed by atoms with E-state index in [1.54, 1.807) is 0 Å². The number of aromatic nitrogens is 2. The van der Waals surface area contributed by atoms with Crippen LogP contribution >= 0.6 is 11.8 Å². The number of hydrogen-bond acceptors (Lipinski definition) is 6. The quantitative estimate of drug-likeness (QED) is 0.582. The van der Waals surface area contributed by atoms with Crippen molar-refractivity contribution in [3.63, 3.8) is 0 Å². The van der Waals surface area contributed by atoms with Crippen LogP contribution in [0.5, 0.6) is 0 Å². The summed E-state index contributed by atoms with van der Waals surface area (Å²) in [7, 11) is 2.13. The minimum absolute atomic E-state index is 0.0831. The van der Waals surface area contributed by atoms with E-state index in [1.165, 1.54) is 18.0 Å². The van der Waals surface area contributed by atoms with Gasteiger partial charge in [-0.1, -0.05) is 11.8 Å². The summed E-state index contributed by atoms with van der Waals surface area (Å²) in [5.41, 5.74) is -0.299. The molecule has 0 aromatic carbocycles. The van der Waals surface area contributed by atoms with Gasteiger partial charge in [-0.25, -0.2) is 4.98 Å². The van der Waals surface area contributed by atoms with Gasteiger partial charge >= 0.3 is 0 Å². The molecule has 7 nitrogen and oxygen atoms in total. The highest BCUT2D eigenvalue weighted by Crippen LogP contribution is 2.21. The Morgan fingerprint density at radius 1 is 1.45 bits per heavy atom. The Kier molecular flexibility index (Phi) is 4.51. The molecule has 8 heteroatoms. The number of H-pyrrole nitrogens is 1. The lowest BCUT2D eigenvalue weighted by Crippen LogP contribution is -2.48. The van der Waals surface area contributed by atoms with Crippen LogP contribution in [0.3, 0.4) is 0 Å². The van der Waals surface area contributed by atoms with E-state index >= 15 is 0 Å². The van der Waals surface area contributed by atoms with Gasteiger partial charge in [-0.3, -0.25) is 14.5 Å². The number of carbonyl (C=O) groups excluding carboxylic acids is 1. The highest BCUT2D eigenvalue weighted by Gasteiger charge is 2.36. The van der Waals surface area contributed by atoms with Gasteiger partial charge in [0.2, 0.25) is 0 Å². The molecule has 2 fully saturated rings. The molecule has 3 heterocycles. The van der Waals surface area contributed by atoms with Gasteiger partial charge in [-0.15, -0.1) is 0 Å². The minimum Gasteiger partial charge on any atom is -0.348 e. The minimum atomic E-state index is -0.382. The standard InChI is InChI=1S/C14H21N5O2S/c1-18-3-4-19-7-9(5-10(19)8-18)16-12(20)11-6-15-14(22-2)17-13(11)21/h6,9-10H,3-5,7-8H2,1-2H3,(H,16,20)(H,15,17,21)/t9-,10-/m0/s1. The Morgan fingerprint density at radius 2 is 2.27 bits per heavy atom. The van der Waals surface area contributed by atoms with Crippen molar-refractivity contribution >= 4 is 17.7 Å². The van der Waals surface area contributed by atoms with Crippen LogP contribution in [-0.4, -0.2) is 77.2 Å². The predicted molar refractivity (Wildman–Crippen MR) is 85.4 cm³/mol. The van der Waals surface area contributed by atoms with E-state index in [2.05, 4.69) is 32.1 Å². The molecule has 2 N–H and O–H groups in total. The molecule has 3 rings (SSSR count). The molecule has 22 heavy (non-hydrogen) atoms. The van der Waals surface area contributed by atoms with Crippen LogP contribution < -0.4 is 10.9 Å². The summed E-state index contributed by atoms with van der Waals surface area (Å²) in [5.74, 6) is -0.334. The summed E-state index contributed by atoms with van der Waals surface area (Å²) in [6.45, 7) is 4.00. The number of nitrogens with one attached hydrogen (secondary N) is 2. The highest BCUT2D eigenvalue weighted by atomic mass is 32.2. The summed E-state index contributed by atoms with van der Waals surface area (Å²) in [4.78, 5) is 35.6. The molecule has 0 bridgehead atoms. The van der Waals surface area contributed by atoms with Crippen LogP contribution in [0.4, 0.5) is 0 Å². The topological polar surface area (TPSA) is 81.3 Å². The fourth-order valence-electron chi connectivity index (χ4n) is 3.21. The van der Waals surface area contributed by atoms with Crippen molar-refractivity contribution in [1.29, 1.82) is 0 Å². The Balaban J connectivity index is 1.64. The van der Waals surface area contributed by atoms with Crippen molar-refractivity contribution in [3.05, 3.63) is 22.1 Å². The number of amides is 1. The van der Waals surface area contributed by atoms with Crippen molar-refractivity contribution in [2.24, 2.45) is 0 Å². The van der Waals surface area contributed by atoms with Gasteiger partial charge in [0.05, 0.1) is 0 Å². The average Bonchev–Trinajstić information content (AvgIpc) is 2.88. The second-order valence-corrected chi connectivity index (χ2v) is 6.75. The average molecular weight is 323 g/mol. The van der Waals surface area contributed by atoms with E-state index in [1.807, 2.05) is 6.26 Å². The summed E-state index contributed by atoms with van der Waals surface area (Å²) in [6, 6.07) is 0.600. The van der Waals surface area contributed by atoms with Crippen LogP contribution in [0, 0.1) is 0 Å². The van der Waals surface area contributed by atoms with Gasteiger partial charge in [0.25, 0.3) is 11.5 Å². The number of hydrogen-bond donors (Lipinski definition) is 2. The molecule has 1 aromatic heterocycles. The van der Waals surface area contributed by atoms with Crippen molar-refractivity contribution in [3.8, 4) is 0 Å². The number of likely N-dealkylation sites (N-methyl/N-ethyl adjacent to an activating group) is 1. The monoisotopic (exact) mass is 323 g/mol. The number of thioether (sulfide) groups is 1. The molecule has 0 radical (unpaired) electrons. The SMILES string of the molecule is CSc1ncc(C(=O)N[C@H]2C[C@H]3CN(C)CCN3C2)c(=O)[nH]1. The fourth-order valence-corrected chi connectivity index (χ4v) is 3.56. The maximum absolute atomic E-state index is 12.3. The first-order valence-electron chi connectivity index (χ1n) is 7.43. The molecule has 0 spiro atoms. The van der Waals surface area contributed by atoms with Crippen LogP contribution in [0.1, 0.15) is 16.8 Å². The first-order chi connectivity index (χ1) is 10.6. The van der Waals surface area contributed by atoms with E-state index in [-0.39, 0.29) is 23.1 Å². The zero-order chi connectivity index (χ0) is 15.7. The lowest BCUT2D eigenvalue weighted by molar-refractivity contribution is 0.0934. The molecule has 2 aliphatic rings. The fraction of sp³-hybridized carbons (Fsp3) is 0.643. The highest BCUT2D eigenvalue weighted by molar-refractivity contribution is 7.98. The number of nitrogens with zero attached hydrogens (tertiary/aromatic N) is 3. The smallest absolute Gasteiger partial charge is 0.264 e. The number of aromatic amines is 1. The van der Waals surface area contributed by atoms with Gasteiger partial charge < -0.3 is 15.2 Å². The van der Waals surface area contributed by atoms with Crippen molar-refractivity contribution in [2.75, 3.05) is 39.5 Å². The predicted octanol–water partition coefficient (Wildman–Crippen LogP) is -0.390. The molecular weight excluding hydrogens is 302 g/mol. The van der Waals surface area contributed by atoms with Crippen LogP contribution in [-0.2, 0) is 0 Å². The summed E-state index contributed by atoms with van der Waals surface area (Å²) < 4.78 is 0. The van der Waals surface area contributed by atoms with E-state index in [0.29, 0.717) is 11.2 Å². The van der Waals surface area contributed by atoms with Gasteiger partial charge in [-0.05, 0) is 19.7 Å². The third-order valence-electron chi connectivity index (χ3n) is 4.37. The molecular formula is C14H21N5O2S. The van der Waals surface area contributed by atoms with E-state index in [9.17, 15) is 9.59 Å². The summed E-state index contributed by atoms with van der Waals surface area (Å²) in [6.07, 6.45) is 4.12. The zero-order valence-corrected chi connectivity index (χ0v) is 13.7. The van der Waals surface area contributed by atoms with Crippen LogP contribution in [0.2, 0.25) is 0 Å². The van der Waals surface area contributed by atoms with Crippen LogP contribution in [0.25, 0.3) is 0 Å². The third-order valence-corrected chi connectivity index (χ3v) is 4.96. The number of carbonyl (C=O) groups is 1. The molecule has 0 saturated carbocycles. The second-order valence-electron chi connectivity index (χ2n) is 5.95. The van der Waals surface area contributed by atoms with Gasteiger partial charge in [0.15, 0.2) is 5.16 Å².